The van der Waals surface area contributed by atoms with Crippen LogP contribution in [0.1, 0.15) is 30.8 Å². The molecule has 1 aromatic heterocycles. The minimum Gasteiger partial charge on any atom is -0.496 e. The lowest BCUT2D eigenvalue weighted by atomic mass is 10.0. The van der Waals surface area contributed by atoms with Crippen LogP contribution in [0.4, 0.5) is 0 Å². The van der Waals surface area contributed by atoms with Gasteiger partial charge >= 0.3 is 0 Å². The number of rotatable bonds is 7. The Balaban J connectivity index is 2.19. The molecule has 2 rings (SSSR count). The van der Waals surface area contributed by atoms with E-state index >= 15 is 0 Å². The van der Waals surface area contributed by atoms with Crippen LogP contribution in [0.2, 0.25) is 0 Å². The Morgan fingerprint density at radius 3 is 2.86 bits per heavy atom. The molecule has 1 heterocycles. The summed E-state index contributed by atoms with van der Waals surface area (Å²) in [5.74, 6) is 1.96. The number of methoxy groups -OCH3 is 1. The van der Waals surface area contributed by atoms with E-state index in [4.69, 9.17) is 4.74 Å². The molecule has 5 heteroatoms. The molecule has 0 spiro atoms. The standard InChI is InChI=1S/C16H22BrN3O/c1-4-8-20-9-7-19-16(20)11-14(18-2)12-5-6-15(21-3)13(17)10-12/h5-7,9-10,14,18H,4,8,11H2,1-3H3. The molecule has 4 nitrogen and oxygen atoms in total. The zero-order valence-electron chi connectivity index (χ0n) is 12.8. The third kappa shape index (κ3) is 3.86. The zero-order chi connectivity index (χ0) is 15.2. The Kier molecular flexibility index (Phi) is 5.82. The number of hydrogen-bond donors (Lipinski definition) is 1. The normalized spacial score (nSPS) is 12.4. The number of nitrogens with zero attached hydrogens (tertiary/aromatic N) is 2. The van der Waals surface area contributed by atoms with Crippen molar-refractivity contribution in [2.24, 2.45) is 0 Å². The number of aromatic nitrogens is 2. The number of nitrogens with one attached hydrogen (secondary N) is 1. The summed E-state index contributed by atoms with van der Waals surface area (Å²) in [6, 6.07) is 6.41. The van der Waals surface area contributed by atoms with Crippen molar-refractivity contribution in [3.8, 4) is 5.75 Å². The van der Waals surface area contributed by atoms with Gasteiger partial charge in [-0.05, 0) is 47.1 Å². The fourth-order valence-corrected chi connectivity index (χ4v) is 3.00. The maximum atomic E-state index is 5.29. The summed E-state index contributed by atoms with van der Waals surface area (Å²) in [6.07, 6.45) is 5.90. The van der Waals surface area contributed by atoms with Gasteiger partial charge in [-0.3, -0.25) is 0 Å². The van der Waals surface area contributed by atoms with Crippen molar-refractivity contribution < 1.29 is 4.74 Å². The lowest BCUT2D eigenvalue weighted by Gasteiger charge is -2.18. The highest BCUT2D eigenvalue weighted by molar-refractivity contribution is 9.10. The van der Waals surface area contributed by atoms with E-state index in [-0.39, 0.29) is 6.04 Å². The zero-order valence-corrected chi connectivity index (χ0v) is 14.4. The van der Waals surface area contributed by atoms with E-state index in [0.717, 1.165) is 35.4 Å². The predicted octanol–water partition coefficient (Wildman–Crippen LogP) is 3.57. The Hall–Kier alpha value is -1.33. The van der Waals surface area contributed by atoms with Gasteiger partial charge in [-0.2, -0.15) is 0 Å². The summed E-state index contributed by atoms with van der Waals surface area (Å²) in [7, 11) is 3.66. The number of likely N-dealkylation sites (N-methyl/N-ethyl adjacent to an activating group) is 1. The number of hydrogen-bond acceptors (Lipinski definition) is 3. The van der Waals surface area contributed by atoms with Crippen molar-refractivity contribution >= 4 is 15.9 Å². The topological polar surface area (TPSA) is 39.1 Å². The van der Waals surface area contributed by atoms with Crippen molar-refractivity contribution in [2.75, 3.05) is 14.2 Å². The lowest BCUT2D eigenvalue weighted by Crippen LogP contribution is -2.21. The third-order valence-electron chi connectivity index (χ3n) is 3.58. The lowest BCUT2D eigenvalue weighted by molar-refractivity contribution is 0.411. The molecule has 0 fully saturated rings. The van der Waals surface area contributed by atoms with Crippen molar-refractivity contribution in [1.82, 2.24) is 14.9 Å². The molecule has 0 aliphatic heterocycles. The highest BCUT2D eigenvalue weighted by Crippen LogP contribution is 2.29. The predicted molar refractivity (Wildman–Crippen MR) is 88.7 cm³/mol. The molecule has 1 N–H and O–H groups in total. The maximum absolute atomic E-state index is 5.29. The Morgan fingerprint density at radius 1 is 1.43 bits per heavy atom. The van der Waals surface area contributed by atoms with Crippen LogP contribution < -0.4 is 10.1 Å². The second-order valence-corrected chi connectivity index (χ2v) is 5.83. The van der Waals surface area contributed by atoms with E-state index in [1.165, 1.54) is 5.56 Å². The van der Waals surface area contributed by atoms with Gasteiger partial charge in [0, 0.05) is 31.4 Å². The van der Waals surface area contributed by atoms with Gasteiger partial charge in [-0.1, -0.05) is 13.0 Å². The summed E-state index contributed by atoms with van der Waals surface area (Å²) < 4.78 is 8.48. The molecule has 0 saturated carbocycles. The van der Waals surface area contributed by atoms with E-state index in [9.17, 15) is 0 Å². The van der Waals surface area contributed by atoms with E-state index in [2.05, 4.69) is 56.1 Å². The molecule has 114 valence electrons. The molecule has 0 radical (unpaired) electrons. The van der Waals surface area contributed by atoms with Crippen molar-refractivity contribution in [3.05, 3.63) is 46.5 Å². The highest BCUT2D eigenvalue weighted by atomic mass is 79.9. The van der Waals surface area contributed by atoms with Gasteiger partial charge in [0.05, 0.1) is 11.6 Å². The summed E-state index contributed by atoms with van der Waals surface area (Å²) in [5, 5.41) is 3.38. The van der Waals surface area contributed by atoms with Crippen LogP contribution in [0, 0.1) is 0 Å². The Bertz CT molecular complexity index is 583. The molecule has 2 aromatic rings. The van der Waals surface area contributed by atoms with Gasteiger partial charge in [0.25, 0.3) is 0 Å². The quantitative estimate of drug-likeness (QED) is 0.828. The molecular formula is C16H22BrN3O. The first-order valence-electron chi connectivity index (χ1n) is 7.20. The first-order valence-corrected chi connectivity index (χ1v) is 7.99. The van der Waals surface area contributed by atoms with E-state index in [0.29, 0.717) is 0 Å². The number of imidazole rings is 1. The van der Waals surface area contributed by atoms with Crippen molar-refractivity contribution in [2.45, 2.75) is 32.4 Å². The summed E-state index contributed by atoms with van der Waals surface area (Å²) in [4.78, 5) is 4.49. The fourth-order valence-electron chi connectivity index (χ4n) is 2.44. The van der Waals surface area contributed by atoms with E-state index in [1.807, 2.05) is 19.3 Å². The molecule has 0 aliphatic rings. The van der Waals surface area contributed by atoms with Crippen LogP contribution in [0.5, 0.6) is 5.75 Å². The average Bonchev–Trinajstić information content (AvgIpc) is 2.92. The average molecular weight is 352 g/mol. The monoisotopic (exact) mass is 351 g/mol. The summed E-state index contributed by atoms with van der Waals surface area (Å²) in [6.45, 7) is 3.19. The van der Waals surface area contributed by atoms with Gasteiger partial charge in [0.15, 0.2) is 0 Å². The fraction of sp³-hybridized carbons (Fsp3) is 0.438. The third-order valence-corrected chi connectivity index (χ3v) is 4.20. The number of ether oxygens (including phenoxy) is 1. The smallest absolute Gasteiger partial charge is 0.133 e. The van der Waals surface area contributed by atoms with Gasteiger partial charge < -0.3 is 14.6 Å². The first-order chi connectivity index (χ1) is 10.2. The first kappa shape index (κ1) is 16.0. The molecule has 0 amide bonds. The largest absolute Gasteiger partial charge is 0.496 e. The minimum absolute atomic E-state index is 0.227. The van der Waals surface area contributed by atoms with Gasteiger partial charge in [-0.25, -0.2) is 4.98 Å². The van der Waals surface area contributed by atoms with Gasteiger partial charge in [0.2, 0.25) is 0 Å². The van der Waals surface area contributed by atoms with Crippen LogP contribution in [0.15, 0.2) is 35.1 Å². The molecule has 21 heavy (non-hydrogen) atoms. The molecule has 0 saturated heterocycles. The van der Waals surface area contributed by atoms with Crippen LogP contribution >= 0.6 is 15.9 Å². The van der Waals surface area contributed by atoms with Crippen LogP contribution in [0.25, 0.3) is 0 Å². The highest BCUT2D eigenvalue weighted by Gasteiger charge is 2.15. The molecule has 0 aliphatic carbocycles. The number of halogens is 1. The minimum atomic E-state index is 0.227. The number of aryl methyl sites for hydroxylation is 1. The second kappa shape index (κ2) is 7.61. The van der Waals surface area contributed by atoms with E-state index < -0.39 is 0 Å². The summed E-state index contributed by atoms with van der Waals surface area (Å²) >= 11 is 3.55. The van der Waals surface area contributed by atoms with E-state index in [1.54, 1.807) is 7.11 Å². The maximum Gasteiger partial charge on any atom is 0.133 e. The van der Waals surface area contributed by atoms with Gasteiger partial charge in [-0.15, -0.1) is 0 Å². The second-order valence-electron chi connectivity index (χ2n) is 4.98. The molecule has 1 aromatic carbocycles. The van der Waals surface area contributed by atoms with Crippen LogP contribution in [-0.2, 0) is 13.0 Å². The SMILES string of the molecule is CCCn1ccnc1CC(NC)c1ccc(OC)c(Br)c1. The molecule has 1 unspecified atom stereocenters. The molecule has 1 atom stereocenters. The molecule has 0 bridgehead atoms. The summed E-state index contributed by atoms with van der Waals surface area (Å²) in [5.41, 5.74) is 1.22. The van der Waals surface area contributed by atoms with Crippen molar-refractivity contribution in [3.63, 3.8) is 0 Å². The Morgan fingerprint density at radius 2 is 2.24 bits per heavy atom. The van der Waals surface area contributed by atoms with Gasteiger partial charge in [0.1, 0.15) is 11.6 Å². The van der Waals surface area contributed by atoms with Crippen molar-refractivity contribution in [1.29, 1.82) is 0 Å². The van der Waals surface area contributed by atoms with Crippen LogP contribution in [0.3, 0.4) is 0 Å². The number of benzene rings is 1. The Labute approximate surface area is 134 Å². The molecular weight excluding hydrogens is 330 g/mol. The van der Waals surface area contributed by atoms with Crippen LogP contribution in [-0.4, -0.2) is 23.7 Å².